The van der Waals surface area contributed by atoms with Crippen molar-refractivity contribution in [3.63, 3.8) is 0 Å². The molecule has 2 heterocycles. The number of methoxy groups -OCH3 is 1. The summed E-state index contributed by atoms with van der Waals surface area (Å²) in [5.41, 5.74) is 5.63. The zero-order valence-corrected chi connectivity index (χ0v) is 9.14. The van der Waals surface area contributed by atoms with E-state index in [9.17, 15) is 13.2 Å². The molecule has 0 bridgehead atoms. The highest BCUT2D eigenvalue weighted by atomic mass is 19.4. The van der Waals surface area contributed by atoms with Gasteiger partial charge >= 0.3 is 6.18 Å². The Kier molecular flexibility index (Phi) is 2.81. The average molecular weight is 259 g/mol. The van der Waals surface area contributed by atoms with Gasteiger partial charge in [-0.2, -0.15) is 22.8 Å². The van der Waals surface area contributed by atoms with Gasteiger partial charge in [0.15, 0.2) is 0 Å². The van der Waals surface area contributed by atoms with Gasteiger partial charge in [0.25, 0.3) is 5.82 Å². The third-order valence-corrected chi connectivity index (χ3v) is 2.06. The molecule has 18 heavy (non-hydrogen) atoms. The van der Waals surface area contributed by atoms with Crippen LogP contribution in [0, 0.1) is 0 Å². The van der Waals surface area contributed by atoms with Crippen LogP contribution in [-0.4, -0.2) is 26.9 Å². The van der Waals surface area contributed by atoms with Crippen LogP contribution in [0.5, 0.6) is 5.88 Å². The topological polar surface area (TPSA) is 78.8 Å². The maximum Gasteiger partial charge on any atom is 0.453 e. The minimum absolute atomic E-state index is 0.260. The Bertz CT molecular complexity index is 548. The summed E-state index contributed by atoms with van der Waals surface area (Å²) < 4.78 is 42.8. The molecule has 0 amide bonds. The molecule has 0 fully saturated rings. The number of nitrogen functional groups attached to an aromatic ring is 1. The van der Waals surface area contributed by atoms with Gasteiger partial charge in [-0.1, -0.05) is 0 Å². The molecule has 2 aromatic heterocycles. The number of aromatic nitrogens is 4. The van der Waals surface area contributed by atoms with Gasteiger partial charge in [0.1, 0.15) is 0 Å². The first-order valence-corrected chi connectivity index (χ1v) is 4.72. The number of rotatable bonds is 2. The first-order chi connectivity index (χ1) is 8.41. The largest absolute Gasteiger partial charge is 0.481 e. The van der Waals surface area contributed by atoms with Gasteiger partial charge in [-0.25, -0.2) is 4.98 Å². The Morgan fingerprint density at radius 2 is 2.06 bits per heavy atom. The number of hydrogen-bond acceptors (Lipinski definition) is 5. The lowest BCUT2D eigenvalue weighted by Gasteiger charge is -2.03. The van der Waals surface area contributed by atoms with E-state index in [4.69, 9.17) is 10.5 Å². The number of alkyl halides is 3. The molecule has 0 aliphatic carbocycles. The maximum absolute atomic E-state index is 12.4. The van der Waals surface area contributed by atoms with E-state index in [1.807, 2.05) is 0 Å². The fraction of sp³-hybridized carbons (Fsp3) is 0.222. The van der Waals surface area contributed by atoms with Crippen molar-refractivity contribution in [3.8, 4) is 11.6 Å². The van der Waals surface area contributed by atoms with Gasteiger partial charge in [0.2, 0.25) is 11.8 Å². The number of ether oxygens (including phenoxy) is 1. The summed E-state index contributed by atoms with van der Waals surface area (Å²) in [6.07, 6.45) is -3.36. The third-order valence-electron chi connectivity index (χ3n) is 2.06. The highest BCUT2D eigenvalue weighted by Crippen LogP contribution is 2.27. The summed E-state index contributed by atoms with van der Waals surface area (Å²) in [4.78, 5) is 6.98. The van der Waals surface area contributed by atoms with Gasteiger partial charge in [0.05, 0.1) is 19.0 Å². The zero-order valence-electron chi connectivity index (χ0n) is 9.14. The van der Waals surface area contributed by atoms with E-state index in [2.05, 4.69) is 15.1 Å². The van der Waals surface area contributed by atoms with Crippen LogP contribution in [0.1, 0.15) is 5.82 Å². The Morgan fingerprint density at radius 3 is 2.50 bits per heavy atom. The Balaban J connectivity index is 2.41. The molecule has 6 nitrogen and oxygen atoms in total. The summed E-state index contributed by atoms with van der Waals surface area (Å²) in [5.74, 6) is -1.33. The Hall–Kier alpha value is -2.32. The number of halogens is 3. The van der Waals surface area contributed by atoms with Crippen LogP contribution >= 0.6 is 0 Å². The van der Waals surface area contributed by atoms with E-state index in [-0.39, 0.29) is 11.6 Å². The van der Waals surface area contributed by atoms with E-state index in [1.54, 1.807) is 0 Å². The monoisotopic (exact) mass is 259 g/mol. The lowest BCUT2D eigenvalue weighted by Crippen LogP contribution is -2.08. The molecule has 0 aliphatic rings. The smallest absolute Gasteiger partial charge is 0.453 e. The molecular formula is C9H8F3N5O. The SMILES string of the molecule is COc1ccc(-n2nc(C(F)(F)F)nc2N)cn1. The number of nitrogens with zero attached hydrogens (tertiary/aromatic N) is 4. The van der Waals surface area contributed by atoms with Gasteiger partial charge in [-0.15, -0.1) is 5.10 Å². The van der Waals surface area contributed by atoms with Crippen LogP contribution in [0.2, 0.25) is 0 Å². The highest BCUT2D eigenvalue weighted by Gasteiger charge is 2.37. The van der Waals surface area contributed by atoms with E-state index in [0.29, 0.717) is 5.88 Å². The highest BCUT2D eigenvalue weighted by molar-refractivity contribution is 5.37. The molecule has 2 aromatic rings. The maximum atomic E-state index is 12.4. The van der Waals surface area contributed by atoms with Crippen molar-refractivity contribution in [2.24, 2.45) is 0 Å². The van der Waals surface area contributed by atoms with E-state index >= 15 is 0 Å². The molecule has 0 unspecified atom stereocenters. The van der Waals surface area contributed by atoms with Crippen molar-refractivity contribution in [2.45, 2.75) is 6.18 Å². The molecule has 0 saturated heterocycles. The van der Waals surface area contributed by atoms with Crippen LogP contribution in [0.15, 0.2) is 18.3 Å². The molecule has 2 N–H and O–H groups in total. The van der Waals surface area contributed by atoms with Crippen molar-refractivity contribution in [3.05, 3.63) is 24.2 Å². The van der Waals surface area contributed by atoms with Gasteiger partial charge in [-0.3, -0.25) is 0 Å². The van der Waals surface area contributed by atoms with Crippen LogP contribution in [0.3, 0.4) is 0 Å². The molecule has 0 radical (unpaired) electrons. The van der Waals surface area contributed by atoms with Crippen LogP contribution in [-0.2, 0) is 6.18 Å². The fourth-order valence-corrected chi connectivity index (χ4v) is 1.25. The normalized spacial score (nSPS) is 11.6. The Morgan fingerprint density at radius 1 is 1.33 bits per heavy atom. The van der Waals surface area contributed by atoms with Crippen LogP contribution in [0.4, 0.5) is 19.1 Å². The molecule has 0 atom stereocenters. The van der Waals surface area contributed by atoms with Crippen molar-refractivity contribution < 1.29 is 17.9 Å². The van der Waals surface area contributed by atoms with Crippen molar-refractivity contribution in [2.75, 3.05) is 12.8 Å². The molecule has 2 rings (SSSR count). The summed E-state index contributed by atoms with van der Waals surface area (Å²) in [7, 11) is 1.42. The molecule has 0 spiro atoms. The molecule has 9 heteroatoms. The fourth-order valence-electron chi connectivity index (χ4n) is 1.25. The second kappa shape index (κ2) is 4.17. The predicted octanol–water partition coefficient (Wildman–Crippen LogP) is 1.27. The molecule has 0 saturated carbocycles. The second-order valence-electron chi connectivity index (χ2n) is 3.26. The summed E-state index contributed by atoms with van der Waals surface area (Å²) in [5, 5.41) is 3.28. The van der Waals surface area contributed by atoms with Gasteiger partial charge < -0.3 is 10.5 Å². The second-order valence-corrected chi connectivity index (χ2v) is 3.26. The molecule has 96 valence electrons. The van der Waals surface area contributed by atoms with E-state index < -0.39 is 12.0 Å². The first-order valence-electron chi connectivity index (χ1n) is 4.72. The number of nitrogens with two attached hydrogens (primary N) is 1. The standard InChI is InChI=1S/C9H8F3N5O/c1-18-6-3-2-5(4-14-6)17-8(13)15-7(16-17)9(10,11)12/h2-4H,1H3,(H2,13,15,16). The van der Waals surface area contributed by atoms with Crippen molar-refractivity contribution in [1.82, 2.24) is 19.7 Å². The number of hydrogen-bond donors (Lipinski definition) is 1. The minimum Gasteiger partial charge on any atom is -0.481 e. The van der Waals surface area contributed by atoms with E-state index in [1.165, 1.54) is 25.4 Å². The Labute approximate surface area is 99.2 Å². The van der Waals surface area contributed by atoms with Crippen LogP contribution < -0.4 is 10.5 Å². The first kappa shape index (κ1) is 12.1. The molecule has 0 aliphatic heterocycles. The van der Waals surface area contributed by atoms with E-state index in [0.717, 1.165) is 4.68 Å². The molecular weight excluding hydrogens is 251 g/mol. The summed E-state index contributed by atoms with van der Waals surface area (Å²) >= 11 is 0. The minimum atomic E-state index is -4.64. The number of pyridine rings is 1. The van der Waals surface area contributed by atoms with Gasteiger partial charge in [-0.05, 0) is 6.07 Å². The lowest BCUT2D eigenvalue weighted by atomic mass is 10.4. The van der Waals surface area contributed by atoms with Crippen LogP contribution in [0.25, 0.3) is 5.69 Å². The third kappa shape index (κ3) is 2.19. The zero-order chi connectivity index (χ0) is 13.3. The van der Waals surface area contributed by atoms with Crippen molar-refractivity contribution in [1.29, 1.82) is 0 Å². The van der Waals surface area contributed by atoms with Gasteiger partial charge in [0, 0.05) is 6.07 Å². The molecule has 0 aromatic carbocycles. The average Bonchev–Trinajstić information content (AvgIpc) is 2.71. The lowest BCUT2D eigenvalue weighted by molar-refractivity contribution is -0.144. The number of anilines is 1. The summed E-state index contributed by atoms with van der Waals surface area (Å²) in [6.45, 7) is 0. The quantitative estimate of drug-likeness (QED) is 0.878. The van der Waals surface area contributed by atoms with Crippen molar-refractivity contribution >= 4 is 5.95 Å². The predicted molar refractivity (Wildman–Crippen MR) is 55.1 cm³/mol. The summed E-state index contributed by atoms with van der Waals surface area (Å²) in [6, 6.07) is 2.95.